The highest BCUT2D eigenvalue weighted by Crippen LogP contribution is 2.07. The molecule has 2 atom stereocenters. The van der Waals surface area contributed by atoms with Gasteiger partial charge in [0, 0.05) is 6.04 Å². The number of nitrogens with two attached hydrogens (primary N) is 1. The molecule has 1 heterocycles. The zero-order valence-corrected chi connectivity index (χ0v) is 8.82. The smallest absolute Gasteiger partial charge is 0.326 e. The van der Waals surface area contributed by atoms with Crippen molar-refractivity contribution in [3.05, 3.63) is 0 Å². The molecular weight excluding hydrogens is 198 g/mol. The Balaban J connectivity index is 2.75. The van der Waals surface area contributed by atoms with Crippen LogP contribution in [0.1, 0.15) is 13.8 Å². The summed E-state index contributed by atoms with van der Waals surface area (Å²) in [6.45, 7) is 4.33. The van der Waals surface area contributed by atoms with E-state index in [1.807, 2.05) is 6.92 Å². The van der Waals surface area contributed by atoms with Crippen molar-refractivity contribution >= 4 is 17.7 Å². The normalized spacial score (nSPS) is 21.5. The standard InChI is InChI=1S/C9H15N3O3/c1-3-15-9(14)6(7(10)13)8-11-4-5(2)12-8/h5-6H,3-4H2,1-2H3,(H2,10,13)(H,11,12). The Bertz CT molecular complexity index is 301. The third-order valence-corrected chi connectivity index (χ3v) is 2.01. The minimum Gasteiger partial charge on any atom is -0.465 e. The lowest BCUT2D eigenvalue weighted by molar-refractivity contribution is -0.148. The highest BCUT2D eigenvalue weighted by atomic mass is 16.5. The quantitative estimate of drug-likeness (QED) is 0.464. The summed E-state index contributed by atoms with van der Waals surface area (Å²) < 4.78 is 4.75. The van der Waals surface area contributed by atoms with Gasteiger partial charge in [-0.1, -0.05) is 0 Å². The van der Waals surface area contributed by atoms with Crippen LogP contribution in [0.3, 0.4) is 0 Å². The summed E-state index contributed by atoms with van der Waals surface area (Å²) in [4.78, 5) is 26.6. The van der Waals surface area contributed by atoms with Gasteiger partial charge in [-0.25, -0.2) is 0 Å². The van der Waals surface area contributed by atoms with Crippen molar-refractivity contribution in [3.63, 3.8) is 0 Å². The number of hydrogen-bond acceptors (Lipinski definition) is 5. The van der Waals surface area contributed by atoms with Gasteiger partial charge in [-0.2, -0.15) is 0 Å². The fraction of sp³-hybridized carbons (Fsp3) is 0.667. The van der Waals surface area contributed by atoms with Crippen LogP contribution in [-0.2, 0) is 14.3 Å². The van der Waals surface area contributed by atoms with Gasteiger partial charge in [0.2, 0.25) is 5.91 Å². The molecule has 1 aliphatic rings. The Hall–Kier alpha value is -1.59. The van der Waals surface area contributed by atoms with E-state index in [1.54, 1.807) is 6.92 Å². The first-order valence-electron chi connectivity index (χ1n) is 4.83. The number of esters is 1. The molecule has 1 rings (SSSR count). The first-order valence-corrected chi connectivity index (χ1v) is 4.83. The number of amidine groups is 1. The van der Waals surface area contributed by atoms with Crippen LogP contribution in [0.2, 0.25) is 0 Å². The number of primary amides is 1. The molecule has 0 aromatic carbocycles. The van der Waals surface area contributed by atoms with E-state index in [-0.39, 0.29) is 12.6 Å². The van der Waals surface area contributed by atoms with E-state index >= 15 is 0 Å². The highest BCUT2D eigenvalue weighted by Gasteiger charge is 2.34. The van der Waals surface area contributed by atoms with Gasteiger partial charge < -0.3 is 15.8 Å². The number of nitrogens with one attached hydrogen (secondary N) is 1. The second-order valence-corrected chi connectivity index (χ2v) is 3.36. The number of amides is 1. The summed E-state index contributed by atoms with van der Waals surface area (Å²) in [7, 11) is 0. The first-order chi connectivity index (χ1) is 7.06. The fourth-order valence-electron chi connectivity index (χ4n) is 1.34. The largest absolute Gasteiger partial charge is 0.465 e. The second-order valence-electron chi connectivity index (χ2n) is 3.36. The van der Waals surface area contributed by atoms with Gasteiger partial charge in [-0.3, -0.25) is 14.6 Å². The maximum atomic E-state index is 11.4. The number of nitrogens with zero attached hydrogens (tertiary/aromatic N) is 1. The van der Waals surface area contributed by atoms with Crippen molar-refractivity contribution in [2.75, 3.05) is 13.2 Å². The molecule has 0 aromatic heterocycles. The van der Waals surface area contributed by atoms with Crippen LogP contribution in [0.4, 0.5) is 0 Å². The van der Waals surface area contributed by atoms with Gasteiger partial charge in [0.15, 0.2) is 5.92 Å². The van der Waals surface area contributed by atoms with E-state index in [0.717, 1.165) is 0 Å². The van der Waals surface area contributed by atoms with E-state index in [4.69, 9.17) is 10.5 Å². The lowest BCUT2D eigenvalue weighted by Crippen LogP contribution is -2.44. The maximum absolute atomic E-state index is 11.4. The van der Waals surface area contributed by atoms with Crippen molar-refractivity contribution in [2.45, 2.75) is 19.9 Å². The van der Waals surface area contributed by atoms with Crippen molar-refractivity contribution < 1.29 is 14.3 Å². The molecular formula is C9H15N3O3. The van der Waals surface area contributed by atoms with Gasteiger partial charge in [0.05, 0.1) is 13.2 Å². The van der Waals surface area contributed by atoms with Gasteiger partial charge in [-0.05, 0) is 13.8 Å². The second kappa shape index (κ2) is 4.77. The summed E-state index contributed by atoms with van der Waals surface area (Å²) in [6, 6.07) is 0.122. The van der Waals surface area contributed by atoms with Crippen molar-refractivity contribution in [1.29, 1.82) is 0 Å². The fourth-order valence-corrected chi connectivity index (χ4v) is 1.34. The van der Waals surface area contributed by atoms with E-state index in [0.29, 0.717) is 12.4 Å². The molecule has 0 radical (unpaired) electrons. The first kappa shape index (κ1) is 11.5. The third-order valence-electron chi connectivity index (χ3n) is 2.01. The lowest BCUT2D eigenvalue weighted by Gasteiger charge is -2.13. The molecule has 0 saturated carbocycles. The topological polar surface area (TPSA) is 93.8 Å². The van der Waals surface area contributed by atoms with Crippen LogP contribution in [-0.4, -0.2) is 36.9 Å². The van der Waals surface area contributed by atoms with Crippen LogP contribution in [0.15, 0.2) is 4.99 Å². The zero-order valence-electron chi connectivity index (χ0n) is 8.82. The highest BCUT2D eigenvalue weighted by molar-refractivity contribution is 6.17. The molecule has 2 unspecified atom stereocenters. The molecule has 0 bridgehead atoms. The molecule has 0 spiro atoms. The molecule has 6 nitrogen and oxygen atoms in total. The Morgan fingerprint density at radius 3 is 2.80 bits per heavy atom. The molecule has 0 saturated heterocycles. The molecule has 1 aliphatic heterocycles. The average molecular weight is 213 g/mol. The molecule has 0 aromatic rings. The average Bonchev–Trinajstić information content (AvgIpc) is 2.51. The van der Waals surface area contributed by atoms with Crippen LogP contribution in [0, 0.1) is 5.92 Å². The third kappa shape index (κ3) is 2.68. The zero-order chi connectivity index (χ0) is 11.4. The molecule has 15 heavy (non-hydrogen) atoms. The summed E-state index contributed by atoms with van der Waals surface area (Å²) in [5.41, 5.74) is 5.13. The Morgan fingerprint density at radius 1 is 1.73 bits per heavy atom. The van der Waals surface area contributed by atoms with E-state index < -0.39 is 17.8 Å². The molecule has 3 N–H and O–H groups in total. The number of rotatable bonds is 4. The molecule has 6 heteroatoms. The predicted molar refractivity (Wildman–Crippen MR) is 54.2 cm³/mol. The van der Waals surface area contributed by atoms with Gasteiger partial charge in [-0.15, -0.1) is 0 Å². The SMILES string of the molecule is CCOC(=O)C(C(N)=O)C1=NCC(C)N1. The summed E-state index contributed by atoms with van der Waals surface area (Å²) in [6.07, 6.45) is 0. The molecule has 1 amide bonds. The Kier molecular flexibility index (Phi) is 3.65. The number of carbonyl (C=O) groups is 2. The summed E-state index contributed by atoms with van der Waals surface area (Å²) >= 11 is 0. The number of aliphatic imine (C=N–C) groups is 1. The lowest BCUT2D eigenvalue weighted by atomic mass is 10.1. The molecule has 0 fully saturated rings. The van der Waals surface area contributed by atoms with Gasteiger partial charge in [0.1, 0.15) is 5.84 Å². The van der Waals surface area contributed by atoms with Crippen molar-refractivity contribution in [2.24, 2.45) is 16.6 Å². The number of hydrogen-bond donors (Lipinski definition) is 2. The molecule has 0 aliphatic carbocycles. The van der Waals surface area contributed by atoms with Crippen LogP contribution < -0.4 is 11.1 Å². The minimum absolute atomic E-state index is 0.122. The summed E-state index contributed by atoms with van der Waals surface area (Å²) in [5.74, 6) is -2.18. The van der Waals surface area contributed by atoms with Crippen LogP contribution in [0.5, 0.6) is 0 Å². The monoisotopic (exact) mass is 213 g/mol. The van der Waals surface area contributed by atoms with Gasteiger partial charge in [0.25, 0.3) is 0 Å². The minimum atomic E-state index is -1.10. The maximum Gasteiger partial charge on any atom is 0.326 e. The van der Waals surface area contributed by atoms with E-state index in [1.165, 1.54) is 0 Å². The van der Waals surface area contributed by atoms with Gasteiger partial charge >= 0.3 is 5.97 Å². The number of ether oxygens (including phenoxy) is 1. The van der Waals surface area contributed by atoms with Crippen molar-refractivity contribution in [1.82, 2.24) is 5.32 Å². The van der Waals surface area contributed by atoms with Crippen LogP contribution >= 0.6 is 0 Å². The summed E-state index contributed by atoms with van der Waals surface area (Å²) in [5, 5.41) is 2.92. The van der Waals surface area contributed by atoms with Crippen molar-refractivity contribution in [3.8, 4) is 0 Å². The predicted octanol–water partition coefficient (Wildman–Crippen LogP) is -0.959. The Labute approximate surface area is 87.9 Å². The molecule has 84 valence electrons. The van der Waals surface area contributed by atoms with E-state index in [2.05, 4.69) is 10.3 Å². The Morgan fingerprint density at radius 2 is 2.40 bits per heavy atom. The van der Waals surface area contributed by atoms with E-state index in [9.17, 15) is 9.59 Å². The van der Waals surface area contributed by atoms with Crippen LogP contribution in [0.25, 0.3) is 0 Å². The number of carbonyl (C=O) groups excluding carboxylic acids is 2.